The zero-order chi connectivity index (χ0) is 12.8. The van der Waals surface area contributed by atoms with Crippen LogP contribution in [0.1, 0.15) is 45.2 Å². The molecule has 0 aromatic carbocycles. The summed E-state index contributed by atoms with van der Waals surface area (Å²) in [7, 11) is 0. The molecule has 18 heavy (non-hydrogen) atoms. The molecule has 100 valence electrons. The summed E-state index contributed by atoms with van der Waals surface area (Å²) in [5, 5.41) is 3.75. The molecule has 2 nitrogen and oxygen atoms in total. The summed E-state index contributed by atoms with van der Waals surface area (Å²) in [6, 6.07) is 6.85. The lowest BCUT2D eigenvalue weighted by Gasteiger charge is -2.28. The smallest absolute Gasteiger partial charge is 0.0419 e. The van der Waals surface area contributed by atoms with Crippen molar-refractivity contribution in [3.05, 3.63) is 30.1 Å². The maximum Gasteiger partial charge on any atom is 0.0419 e. The Kier molecular flexibility index (Phi) is 5.18. The minimum atomic E-state index is 0.609. The van der Waals surface area contributed by atoms with E-state index in [-0.39, 0.29) is 0 Å². The Balaban J connectivity index is 2.00. The van der Waals surface area contributed by atoms with Gasteiger partial charge in [0.05, 0.1) is 0 Å². The molecule has 3 unspecified atom stereocenters. The molecule has 1 aromatic rings. The Morgan fingerprint density at radius 1 is 1.39 bits per heavy atom. The van der Waals surface area contributed by atoms with Crippen LogP contribution < -0.4 is 5.32 Å². The zero-order valence-electron chi connectivity index (χ0n) is 11.7. The second-order valence-corrected chi connectivity index (χ2v) is 5.66. The highest BCUT2D eigenvalue weighted by Crippen LogP contribution is 2.34. The first-order chi connectivity index (χ1) is 8.81. The molecule has 1 saturated carbocycles. The standard InChI is InChI=1S/C16H26N2/c1-3-10-18-16(15-9-6-7-13(15)2)12-14-8-4-5-11-17-14/h4-5,8,11,13,15-16,18H,3,6-7,9-10,12H2,1-2H3. The van der Waals surface area contributed by atoms with E-state index < -0.39 is 0 Å². The van der Waals surface area contributed by atoms with Crippen LogP contribution in [-0.2, 0) is 6.42 Å². The van der Waals surface area contributed by atoms with Crippen molar-refractivity contribution in [3.63, 3.8) is 0 Å². The van der Waals surface area contributed by atoms with Crippen LogP contribution in [-0.4, -0.2) is 17.6 Å². The van der Waals surface area contributed by atoms with E-state index in [2.05, 4.69) is 36.3 Å². The maximum atomic E-state index is 4.48. The van der Waals surface area contributed by atoms with E-state index in [1.54, 1.807) is 0 Å². The SMILES string of the molecule is CCCNC(Cc1ccccn1)C1CCCC1C. The van der Waals surface area contributed by atoms with Crippen LogP contribution in [0.4, 0.5) is 0 Å². The predicted molar refractivity (Wildman–Crippen MR) is 76.5 cm³/mol. The summed E-state index contributed by atoms with van der Waals surface area (Å²) in [5.41, 5.74) is 1.23. The first-order valence-electron chi connectivity index (χ1n) is 7.44. The highest BCUT2D eigenvalue weighted by atomic mass is 14.9. The van der Waals surface area contributed by atoms with Gasteiger partial charge in [-0.15, -0.1) is 0 Å². The van der Waals surface area contributed by atoms with E-state index >= 15 is 0 Å². The topological polar surface area (TPSA) is 24.9 Å². The van der Waals surface area contributed by atoms with Crippen molar-refractivity contribution in [2.24, 2.45) is 11.8 Å². The van der Waals surface area contributed by atoms with E-state index in [1.165, 1.54) is 31.4 Å². The summed E-state index contributed by atoms with van der Waals surface area (Å²) in [5.74, 6) is 1.70. The van der Waals surface area contributed by atoms with Crippen LogP contribution in [0.5, 0.6) is 0 Å². The van der Waals surface area contributed by atoms with Crippen LogP contribution in [0.2, 0.25) is 0 Å². The van der Waals surface area contributed by atoms with Gasteiger partial charge < -0.3 is 5.32 Å². The molecule has 0 radical (unpaired) electrons. The van der Waals surface area contributed by atoms with Crippen molar-refractivity contribution < 1.29 is 0 Å². The predicted octanol–water partition coefficient (Wildman–Crippen LogP) is 3.43. The van der Waals surface area contributed by atoms with Gasteiger partial charge in [-0.05, 0) is 43.4 Å². The van der Waals surface area contributed by atoms with Gasteiger partial charge in [0.1, 0.15) is 0 Å². The molecule has 2 heteroatoms. The molecule has 0 amide bonds. The minimum Gasteiger partial charge on any atom is -0.313 e. The average molecular weight is 246 g/mol. The van der Waals surface area contributed by atoms with E-state index in [9.17, 15) is 0 Å². The van der Waals surface area contributed by atoms with Gasteiger partial charge in [0.2, 0.25) is 0 Å². The van der Waals surface area contributed by atoms with Gasteiger partial charge in [-0.25, -0.2) is 0 Å². The fourth-order valence-corrected chi connectivity index (χ4v) is 3.22. The van der Waals surface area contributed by atoms with Crippen molar-refractivity contribution >= 4 is 0 Å². The lowest BCUT2D eigenvalue weighted by Crippen LogP contribution is -2.39. The third-order valence-electron chi connectivity index (χ3n) is 4.26. The maximum absolute atomic E-state index is 4.48. The van der Waals surface area contributed by atoms with E-state index in [0.717, 1.165) is 24.8 Å². The van der Waals surface area contributed by atoms with E-state index in [0.29, 0.717) is 6.04 Å². The number of nitrogens with zero attached hydrogens (tertiary/aromatic N) is 1. The summed E-state index contributed by atoms with van der Waals surface area (Å²) in [4.78, 5) is 4.48. The van der Waals surface area contributed by atoms with E-state index in [4.69, 9.17) is 0 Å². The van der Waals surface area contributed by atoms with Gasteiger partial charge in [-0.2, -0.15) is 0 Å². The molecule has 2 rings (SSSR count). The summed E-state index contributed by atoms with van der Waals surface area (Å²) < 4.78 is 0. The lowest BCUT2D eigenvalue weighted by atomic mass is 9.87. The Morgan fingerprint density at radius 2 is 2.28 bits per heavy atom. The summed E-state index contributed by atoms with van der Waals surface area (Å²) in [6.45, 7) is 5.78. The zero-order valence-corrected chi connectivity index (χ0v) is 11.7. The van der Waals surface area contributed by atoms with Crippen molar-refractivity contribution in [1.82, 2.24) is 10.3 Å². The molecule has 1 aliphatic rings. The fourth-order valence-electron chi connectivity index (χ4n) is 3.22. The van der Waals surface area contributed by atoms with Crippen molar-refractivity contribution in [2.45, 2.75) is 52.0 Å². The van der Waals surface area contributed by atoms with Crippen molar-refractivity contribution in [1.29, 1.82) is 0 Å². The summed E-state index contributed by atoms with van der Waals surface area (Å²) in [6.07, 6.45) is 8.38. The number of aromatic nitrogens is 1. The molecule has 0 bridgehead atoms. The highest BCUT2D eigenvalue weighted by Gasteiger charge is 2.30. The number of nitrogens with one attached hydrogen (secondary N) is 1. The third kappa shape index (κ3) is 3.55. The molecule has 0 saturated heterocycles. The second kappa shape index (κ2) is 6.89. The molecular formula is C16H26N2. The first kappa shape index (κ1) is 13.5. The van der Waals surface area contributed by atoms with Crippen LogP contribution in [0.3, 0.4) is 0 Å². The molecule has 0 aliphatic heterocycles. The Morgan fingerprint density at radius 3 is 2.89 bits per heavy atom. The van der Waals surface area contributed by atoms with Gasteiger partial charge >= 0.3 is 0 Å². The Labute approximate surface area is 111 Å². The van der Waals surface area contributed by atoms with Crippen LogP contribution in [0, 0.1) is 11.8 Å². The molecule has 3 atom stereocenters. The minimum absolute atomic E-state index is 0.609. The van der Waals surface area contributed by atoms with E-state index in [1.807, 2.05) is 12.3 Å². The van der Waals surface area contributed by atoms with Gasteiger partial charge in [0.15, 0.2) is 0 Å². The second-order valence-electron chi connectivity index (χ2n) is 5.66. The van der Waals surface area contributed by atoms with Gasteiger partial charge in [0, 0.05) is 24.4 Å². The fraction of sp³-hybridized carbons (Fsp3) is 0.688. The van der Waals surface area contributed by atoms with Gasteiger partial charge in [0.25, 0.3) is 0 Å². The molecular weight excluding hydrogens is 220 g/mol. The first-order valence-corrected chi connectivity index (χ1v) is 7.44. The monoisotopic (exact) mass is 246 g/mol. The summed E-state index contributed by atoms with van der Waals surface area (Å²) >= 11 is 0. The highest BCUT2D eigenvalue weighted by molar-refractivity contribution is 5.06. The quantitative estimate of drug-likeness (QED) is 0.832. The molecule has 1 aromatic heterocycles. The van der Waals surface area contributed by atoms with Crippen LogP contribution >= 0.6 is 0 Å². The third-order valence-corrected chi connectivity index (χ3v) is 4.26. The van der Waals surface area contributed by atoms with Gasteiger partial charge in [-0.1, -0.05) is 32.8 Å². The van der Waals surface area contributed by atoms with Gasteiger partial charge in [-0.3, -0.25) is 4.98 Å². The largest absolute Gasteiger partial charge is 0.313 e. The normalized spacial score (nSPS) is 25.2. The number of pyridine rings is 1. The van der Waals surface area contributed by atoms with Crippen LogP contribution in [0.25, 0.3) is 0 Å². The number of rotatable bonds is 6. The molecule has 1 fully saturated rings. The van der Waals surface area contributed by atoms with Crippen LogP contribution in [0.15, 0.2) is 24.4 Å². The lowest BCUT2D eigenvalue weighted by molar-refractivity contribution is 0.294. The molecule has 1 heterocycles. The number of hydrogen-bond acceptors (Lipinski definition) is 2. The molecule has 1 aliphatic carbocycles. The van der Waals surface area contributed by atoms with Crippen molar-refractivity contribution in [3.8, 4) is 0 Å². The molecule has 1 N–H and O–H groups in total. The average Bonchev–Trinajstić information content (AvgIpc) is 2.82. The van der Waals surface area contributed by atoms with Crippen molar-refractivity contribution in [2.75, 3.05) is 6.54 Å². The Hall–Kier alpha value is -0.890. The molecule has 0 spiro atoms. The Bertz CT molecular complexity index is 336. The number of hydrogen-bond donors (Lipinski definition) is 1.